The number of nitrogens with zero attached hydrogens (tertiary/aromatic N) is 3. The van der Waals surface area contributed by atoms with Crippen LogP contribution in [0.1, 0.15) is 27.9 Å². The van der Waals surface area contributed by atoms with Crippen LogP contribution in [0.15, 0.2) is 42.5 Å². The van der Waals surface area contributed by atoms with Gasteiger partial charge >= 0.3 is 0 Å². The summed E-state index contributed by atoms with van der Waals surface area (Å²) in [7, 11) is 0. The van der Waals surface area contributed by atoms with Gasteiger partial charge in [-0.25, -0.2) is 4.98 Å². The molecule has 0 bridgehead atoms. The van der Waals surface area contributed by atoms with E-state index in [-0.39, 0.29) is 5.91 Å². The van der Waals surface area contributed by atoms with Crippen molar-refractivity contribution in [3.63, 3.8) is 0 Å². The Bertz CT molecular complexity index is 1110. The Morgan fingerprint density at radius 3 is 2.75 bits per heavy atom. The molecule has 0 saturated carbocycles. The molecule has 3 aromatic rings. The van der Waals surface area contributed by atoms with Crippen molar-refractivity contribution in [2.75, 3.05) is 4.90 Å². The molecule has 1 amide bonds. The second-order valence-corrected chi connectivity index (χ2v) is 8.18. The van der Waals surface area contributed by atoms with Gasteiger partial charge in [-0.1, -0.05) is 18.2 Å². The molecule has 0 saturated heterocycles. The predicted molar refractivity (Wildman–Crippen MR) is 109 cm³/mol. The second-order valence-electron chi connectivity index (χ2n) is 6.77. The second kappa shape index (κ2) is 7.10. The zero-order chi connectivity index (χ0) is 19.8. The Morgan fingerprint density at radius 2 is 2.04 bits per heavy atom. The molecule has 5 nitrogen and oxygen atoms in total. The Hall–Kier alpha value is -3.17. The molecule has 28 heavy (non-hydrogen) atoms. The molecular weight excluding hydrogens is 370 g/mol. The van der Waals surface area contributed by atoms with Gasteiger partial charge in [0.05, 0.1) is 34.6 Å². The SMILES string of the molecule is Cc1nc(-c2ccc3c(c2)N(Cc2ccccc2C#N)C(=O)C(C)O3)c(C)s1. The minimum absolute atomic E-state index is 0.122. The summed E-state index contributed by atoms with van der Waals surface area (Å²) in [5, 5.41) is 10.4. The summed E-state index contributed by atoms with van der Waals surface area (Å²) in [6.07, 6.45) is -0.573. The van der Waals surface area contributed by atoms with Gasteiger partial charge in [0.25, 0.3) is 5.91 Å². The van der Waals surface area contributed by atoms with Gasteiger partial charge < -0.3 is 9.64 Å². The number of thiazole rings is 1. The summed E-state index contributed by atoms with van der Waals surface area (Å²) in [5.41, 5.74) is 3.96. The zero-order valence-electron chi connectivity index (χ0n) is 15.9. The maximum atomic E-state index is 12.9. The lowest BCUT2D eigenvalue weighted by molar-refractivity contribution is -0.125. The van der Waals surface area contributed by atoms with E-state index in [1.165, 1.54) is 0 Å². The van der Waals surface area contributed by atoms with Crippen LogP contribution in [0.3, 0.4) is 0 Å². The van der Waals surface area contributed by atoms with E-state index in [2.05, 4.69) is 11.1 Å². The van der Waals surface area contributed by atoms with Gasteiger partial charge in [0, 0.05) is 10.4 Å². The first-order valence-electron chi connectivity index (χ1n) is 9.02. The van der Waals surface area contributed by atoms with Crippen molar-refractivity contribution in [2.24, 2.45) is 0 Å². The van der Waals surface area contributed by atoms with Crippen molar-refractivity contribution < 1.29 is 9.53 Å². The predicted octanol–water partition coefficient (Wildman–Crippen LogP) is 4.61. The molecule has 1 aliphatic rings. The number of benzene rings is 2. The lowest BCUT2D eigenvalue weighted by Crippen LogP contribution is -2.44. The smallest absolute Gasteiger partial charge is 0.268 e. The van der Waals surface area contributed by atoms with Gasteiger partial charge in [-0.05, 0) is 50.6 Å². The van der Waals surface area contributed by atoms with Crippen LogP contribution in [0.4, 0.5) is 5.69 Å². The molecule has 2 aromatic carbocycles. The van der Waals surface area contributed by atoms with E-state index in [0.717, 1.165) is 26.7 Å². The molecule has 0 spiro atoms. The summed E-state index contributed by atoms with van der Waals surface area (Å²) >= 11 is 1.65. The summed E-state index contributed by atoms with van der Waals surface area (Å²) in [6.45, 7) is 6.10. The molecule has 140 valence electrons. The number of hydrogen-bond acceptors (Lipinski definition) is 5. The molecule has 4 rings (SSSR count). The fourth-order valence-corrected chi connectivity index (χ4v) is 4.29. The number of rotatable bonds is 3. The number of carbonyl (C=O) groups is 1. The van der Waals surface area contributed by atoms with E-state index in [9.17, 15) is 10.1 Å². The minimum Gasteiger partial charge on any atom is -0.479 e. The van der Waals surface area contributed by atoms with E-state index in [1.807, 2.05) is 50.2 Å². The molecule has 0 aliphatic carbocycles. The fourth-order valence-electron chi connectivity index (χ4n) is 3.45. The lowest BCUT2D eigenvalue weighted by Gasteiger charge is -2.33. The van der Waals surface area contributed by atoms with Gasteiger partial charge in [0.15, 0.2) is 6.10 Å². The largest absolute Gasteiger partial charge is 0.479 e. The van der Waals surface area contributed by atoms with Crippen molar-refractivity contribution in [2.45, 2.75) is 33.4 Å². The molecule has 0 N–H and O–H groups in total. The molecule has 1 aromatic heterocycles. The van der Waals surface area contributed by atoms with Crippen molar-refractivity contribution in [3.05, 3.63) is 63.5 Å². The van der Waals surface area contributed by atoms with Crippen molar-refractivity contribution in [1.82, 2.24) is 4.98 Å². The van der Waals surface area contributed by atoms with E-state index in [1.54, 1.807) is 29.2 Å². The number of aryl methyl sites for hydroxylation is 2. The van der Waals surface area contributed by atoms with E-state index in [4.69, 9.17) is 4.74 Å². The highest BCUT2D eigenvalue weighted by atomic mass is 32.1. The average Bonchev–Trinajstić information content (AvgIpc) is 3.03. The van der Waals surface area contributed by atoms with Crippen LogP contribution in [-0.2, 0) is 11.3 Å². The Labute approximate surface area is 167 Å². The van der Waals surface area contributed by atoms with Gasteiger partial charge in [0.1, 0.15) is 5.75 Å². The van der Waals surface area contributed by atoms with Gasteiger partial charge in [-0.3, -0.25) is 4.79 Å². The summed E-state index contributed by atoms with van der Waals surface area (Å²) < 4.78 is 5.82. The first-order valence-corrected chi connectivity index (χ1v) is 9.84. The number of amides is 1. The number of anilines is 1. The van der Waals surface area contributed by atoms with Crippen LogP contribution >= 0.6 is 11.3 Å². The highest BCUT2D eigenvalue weighted by Crippen LogP contribution is 2.39. The number of aromatic nitrogens is 1. The zero-order valence-corrected chi connectivity index (χ0v) is 16.7. The van der Waals surface area contributed by atoms with Crippen LogP contribution in [0.25, 0.3) is 11.3 Å². The normalized spacial score (nSPS) is 15.7. The number of ether oxygens (including phenoxy) is 1. The van der Waals surface area contributed by atoms with Crippen LogP contribution in [-0.4, -0.2) is 17.0 Å². The molecule has 1 unspecified atom stereocenters. The third-order valence-corrected chi connectivity index (χ3v) is 5.70. The number of hydrogen-bond donors (Lipinski definition) is 0. The van der Waals surface area contributed by atoms with Crippen LogP contribution in [0, 0.1) is 25.2 Å². The van der Waals surface area contributed by atoms with Crippen LogP contribution in [0.2, 0.25) is 0 Å². The highest BCUT2D eigenvalue weighted by molar-refractivity contribution is 7.11. The quantitative estimate of drug-likeness (QED) is 0.656. The maximum absolute atomic E-state index is 12.9. The van der Waals surface area contributed by atoms with Crippen LogP contribution < -0.4 is 9.64 Å². The minimum atomic E-state index is -0.573. The van der Waals surface area contributed by atoms with Crippen molar-refractivity contribution in [3.8, 4) is 23.1 Å². The Balaban J connectivity index is 1.80. The van der Waals surface area contributed by atoms with Gasteiger partial charge in [-0.2, -0.15) is 5.26 Å². The maximum Gasteiger partial charge on any atom is 0.268 e. The van der Waals surface area contributed by atoms with Crippen LogP contribution in [0.5, 0.6) is 5.75 Å². The summed E-state index contributed by atoms with van der Waals surface area (Å²) in [4.78, 5) is 20.4. The number of nitriles is 1. The summed E-state index contributed by atoms with van der Waals surface area (Å²) in [5.74, 6) is 0.540. The monoisotopic (exact) mass is 389 g/mol. The molecule has 2 heterocycles. The Kier molecular flexibility index (Phi) is 4.62. The van der Waals surface area contributed by atoms with E-state index < -0.39 is 6.10 Å². The standard InChI is InChI=1S/C22H19N3O2S/c1-13-22(26)25(12-18-7-5-4-6-17(18)11-23)19-10-16(8-9-20(19)27-13)21-14(2)28-15(3)24-21/h4-10,13H,12H2,1-3H3. The molecule has 6 heteroatoms. The average molecular weight is 389 g/mol. The highest BCUT2D eigenvalue weighted by Gasteiger charge is 2.32. The molecule has 1 aliphatic heterocycles. The Morgan fingerprint density at radius 1 is 1.25 bits per heavy atom. The number of carbonyl (C=O) groups excluding carboxylic acids is 1. The molecule has 0 radical (unpaired) electrons. The molecular formula is C22H19N3O2S. The number of fused-ring (bicyclic) bond motifs is 1. The first kappa shape index (κ1) is 18.2. The van der Waals surface area contributed by atoms with Crippen molar-refractivity contribution >= 4 is 22.9 Å². The topological polar surface area (TPSA) is 66.2 Å². The van der Waals surface area contributed by atoms with Crippen molar-refractivity contribution in [1.29, 1.82) is 5.26 Å². The third kappa shape index (κ3) is 3.14. The molecule has 0 fully saturated rings. The van der Waals surface area contributed by atoms with E-state index >= 15 is 0 Å². The van der Waals surface area contributed by atoms with Gasteiger partial charge in [-0.15, -0.1) is 11.3 Å². The van der Waals surface area contributed by atoms with E-state index in [0.29, 0.717) is 23.5 Å². The lowest BCUT2D eigenvalue weighted by atomic mass is 10.0. The first-order chi connectivity index (χ1) is 13.5. The molecule has 1 atom stereocenters. The summed E-state index contributed by atoms with van der Waals surface area (Å²) in [6, 6.07) is 15.4. The fraction of sp³-hybridized carbons (Fsp3) is 0.227. The third-order valence-electron chi connectivity index (χ3n) is 4.81. The van der Waals surface area contributed by atoms with Gasteiger partial charge in [0.2, 0.25) is 0 Å².